The first kappa shape index (κ1) is 23.1. The summed E-state index contributed by atoms with van der Waals surface area (Å²) in [6, 6.07) is 11.0. The normalized spacial score (nSPS) is 20.0. The van der Waals surface area contributed by atoms with Crippen LogP contribution in [-0.4, -0.2) is 56.1 Å². The lowest BCUT2D eigenvalue weighted by Crippen LogP contribution is -2.54. The third-order valence-electron chi connectivity index (χ3n) is 6.98. The van der Waals surface area contributed by atoms with Crippen LogP contribution in [0.2, 0.25) is 0 Å². The molecule has 0 fully saturated rings. The molecule has 0 saturated heterocycles. The predicted octanol–water partition coefficient (Wildman–Crippen LogP) is 1.51. The zero-order valence-electron chi connectivity index (χ0n) is 19.9. The maximum absolute atomic E-state index is 13.9. The molecule has 10 nitrogen and oxygen atoms in total. The highest BCUT2D eigenvalue weighted by molar-refractivity contribution is 6.06. The number of para-hydroxylation sites is 1. The van der Waals surface area contributed by atoms with E-state index in [1.54, 1.807) is 4.90 Å². The molecule has 3 aromatic rings. The molecule has 10 heteroatoms. The Morgan fingerprint density at radius 3 is 2.80 bits per heavy atom. The summed E-state index contributed by atoms with van der Waals surface area (Å²) in [5, 5.41) is 20.1. The molecule has 3 N–H and O–H groups in total. The van der Waals surface area contributed by atoms with Crippen molar-refractivity contribution in [2.45, 2.75) is 57.7 Å². The predicted molar refractivity (Wildman–Crippen MR) is 129 cm³/mol. The van der Waals surface area contributed by atoms with Crippen molar-refractivity contribution in [3.8, 4) is 0 Å². The van der Waals surface area contributed by atoms with Crippen LogP contribution in [0.3, 0.4) is 0 Å². The molecule has 2 aliphatic rings. The molecular weight excluding hydrogens is 444 g/mol. The monoisotopic (exact) mass is 474 g/mol. The number of nitrogens with one attached hydrogen (secondary N) is 3. The minimum atomic E-state index is -0.607. The molecule has 0 saturated carbocycles. The smallest absolute Gasteiger partial charge is 0.244 e. The Bertz CT molecular complexity index is 1180. The lowest BCUT2D eigenvalue weighted by atomic mass is 9.91. The van der Waals surface area contributed by atoms with Crippen LogP contribution in [0.15, 0.2) is 42.6 Å². The number of aryl methyl sites for hydroxylation is 1. The lowest BCUT2D eigenvalue weighted by molar-refractivity contribution is -0.127. The number of amides is 2. The standard InChI is InChI=1S/C25H30N8O2/c1-15(2)18(19-8-3-4-11-26-19)13-27-20-10-9-16-6-5-7-17-12-21(33(23(16)17)25(20)35)24(34)28-14-22-29-31-32-30-22/h3-8,11,15,18,20-21,27H,9-10,12-14H2,1-2H3,(H,28,34)(H,29,30,31,32)/t18-,20-,21-/m0/s1. The number of pyridine rings is 1. The van der Waals surface area contributed by atoms with E-state index in [9.17, 15) is 9.59 Å². The van der Waals surface area contributed by atoms with Gasteiger partial charge in [-0.25, -0.2) is 0 Å². The summed E-state index contributed by atoms with van der Waals surface area (Å²) in [7, 11) is 0. The van der Waals surface area contributed by atoms with Crippen molar-refractivity contribution in [2.75, 3.05) is 11.4 Å². The SMILES string of the molecule is CC(C)[C@H](CN[C@H]1CCc2cccc3c2N(C1=O)[C@H](C(=O)NCc1nn[nH]n1)C3)c1ccccn1. The fraction of sp³-hybridized carbons (Fsp3) is 0.440. The van der Waals surface area contributed by atoms with Gasteiger partial charge in [-0.05, 0) is 42.0 Å². The zero-order valence-corrected chi connectivity index (χ0v) is 19.9. The van der Waals surface area contributed by atoms with E-state index in [0.717, 1.165) is 28.9 Å². The van der Waals surface area contributed by atoms with Gasteiger partial charge in [-0.2, -0.15) is 5.21 Å². The average molecular weight is 475 g/mol. The van der Waals surface area contributed by atoms with Crippen molar-refractivity contribution in [3.05, 3.63) is 65.2 Å². The molecular formula is C25H30N8O2. The van der Waals surface area contributed by atoms with Crippen molar-refractivity contribution in [1.29, 1.82) is 0 Å². The number of hydrogen-bond donors (Lipinski definition) is 3. The second-order valence-electron chi connectivity index (χ2n) is 9.50. The molecule has 2 amide bonds. The van der Waals surface area contributed by atoms with Gasteiger partial charge in [0, 0.05) is 30.8 Å². The van der Waals surface area contributed by atoms with Gasteiger partial charge in [0.2, 0.25) is 11.8 Å². The van der Waals surface area contributed by atoms with E-state index in [0.29, 0.717) is 31.1 Å². The Morgan fingerprint density at radius 1 is 1.20 bits per heavy atom. The van der Waals surface area contributed by atoms with E-state index in [-0.39, 0.29) is 30.3 Å². The molecule has 3 atom stereocenters. The van der Waals surface area contributed by atoms with Gasteiger partial charge < -0.3 is 10.6 Å². The van der Waals surface area contributed by atoms with Gasteiger partial charge in [-0.15, -0.1) is 10.2 Å². The largest absolute Gasteiger partial charge is 0.347 e. The van der Waals surface area contributed by atoms with Crippen molar-refractivity contribution in [2.24, 2.45) is 5.92 Å². The number of carbonyl (C=O) groups is 2. The van der Waals surface area contributed by atoms with Crippen molar-refractivity contribution >= 4 is 17.5 Å². The molecule has 0 unspecified atom stereocenters. The summed E-state index contributed by atoms with van der Waals surface area (Å²) in [6.07, 6.45) is 3.75. The first-order valence-corrected chi connectivity index (χ1v) is 12.1. The first-order chi connectivity index (χ1) is 17.0. The minimum Gasteiger partial charge on any atom is -0.347 e. The topological polar surface area (TPSA) is 129 Å². The Balaban J connectivity index is 1.35. The third-order valence-corrected chi connectivity index (χ3v) is 6.98. The summed E-state index contributed by atoms with van der Waals surface area (Å²) < 4.78 is 0. The number of rotatable bonds is 8. The number of nitrogens with zero attached hydrogens (tertiary/aromatic N) is 5. The van der Waals surface area contributed by atoms with Gasteiger partial charge in [0.1, 0.15) is 6.04 Å². The van der Waals surface area contributed by atoms with Gasteiger partial charge >= 0.3 is 0 Å². The Hall–Kier alpha value is -3.66. The summed E-state index contributed by atoms with van der Waals surface area (Å²) in [4.78, 5) is 33.3. The molecule has 4 heterocycles. The van der Waals surface area contributed by atoms with E-state index in [1.807, 2.05) is 36.5 Å². The van der Waals surface area contributed by atoms with Crippen LogP contribution in [0.4, 0.5) is 5.69 Å². The van der Waals surface area contributed by atoms with Crippen LogP contribution in [0.25, 0.3) is 0 Å². The quantitative estimate of drug-likeness (QED) is 0.451. The highest BCUT2D eigenvalue weighted by Crippen LogP contribution is 2.39. The molecule has 0 bridgehead atoms. The van der Waals surface area contributed by atoms with E-state index in [4.69, 9.17) is 0 Å². The maximum atomic E-state index is 13.9. The summed E-state index contributed by atoms with van der Waals surface area (Å²) in [6.45, 7) is 5.13. The summed E-state index contributed by atoms with van der Waals surface area (Å²) in [5.74, 6) is 0.650. The number of anilines is 1. The fourth-order valence-electron chi connectivity index (χ4n) is 5.12. The van der Waals surface area contributed by atoms with Gasteiger partial charge in [0.05, 0.1) is 18.3 Å². The number of H-pyrrole nitrogens is 1. The second-order valence-corrected chi connectivity index (χ2v) is 9.50. The van der Waals surface area contributed by atoms with Crippen LogP contribution in [0.1, 0.15) is 48.8 Å². The highest BCUT2D eigenvalue weighted by atomic mass is 16.2. The van der Waals surface area contributed by atoms with E-state index in [1.165, 1.54) is 0 Å². The number of hydrogen-bond acceptors (Lipinski definition) is 7. The Morgan fingerprint density at radius 2 is 2.06 bits per heavy atom. The zero-order chi connectivity index (χ0) is 24.4. The van der Waals surface area contributed by atoms with Crippen molar-refractivity contribution in [3.63, 3.8) is 0 Å². The van der Waals surface area contributed by atoms with Crippen LogP contribution in [0.5, 0.6) is 0 Å². The van der Waals surface area contributed by atoms with Gasteiger partial charge in [0.15, 0.2) is 5.82 Å². The second kappa shape index (κ2) is 9.91. The molecule has 2 aromatic heterocycles. The van der Waals surface area contributed by atoms with Crippen LogP contribution in [-0.2, 0) is 29.0 Å². The first-order valence-electron chi connectivity index (χ1n) is 12.1. The van der Waals surface area contributed by atoms with Gasteiger partial charge in [0.25, 0.3) is 0 Å². The van der Waals surface area contributed by atoms with E-state index < -0.39 is 6.04 Å². The number of carbonyl (C=O) groups excluding carboxylic acids is 2. The molecule has 182 valence electrons. The van der Waals surface area contributed by atoms with Crippen LogP contribution in [0, 0.1) is 5.92 Å². The molecule has 5 rings (SSSR count). The van der Waals surface area contributed by atoms with Gasteiger partial charge in [-0.3, -0.25) is 19.5 Å². The maximum Gasteiger partial charge on any atom is 0.244 e. The molecule has 2 aliphatic heterocycles. The molecule has 0 aliphatic carbocycles. The lowest BCUT2D eigenvalue weighted by Gasteiger charge is -2.29. The number of aromatic amines is 1. The molecule has 0 radical (unpaired) electrons. The molecule has 0 spiro atoms. The van der Waals surface area contributed by atoms with E-state index in [2.05, 4.69) is 56.2 Å². The average Bonchev–Trinajstić information content (AvgIpc) is 3.50. The van der Waals surface area contributed by atoms with Crippen molar-refractivity contribution < 1.29 is 9.59 Å². The Labute approximate surface area is 203 Å². The van der Waals surface area contributed by atoms with E-state index >= 15 is 0 Å². The van der Waals surface area contributed by atoms with Gasteiger partial charge in [-0.1, -0.05) is 43.3 Å². The fourth-order valence-corrected chi connectivity index (χ4v) is 5.12. The van der Waals surface area contributed by atoms with Crippen LogP contribution >= 0.6 is 0 Å². The van der Waals surface area contributed by atoms with Crippen molar-refractivity contribution in [1.82, 2.24) is 36.2 Å². The van der Waals surface area contributed by atoms with Crippen LogP contribution < -0.4 is 15.5 Å². The third kappa shape index (κ3) is 4.66. The Kier molecular flexibility index (Phi) is 6.54. The molecule has 35 heavy (non-hydrogen) atoms. The highest BCUT2D eigenvalue weighted by Gasteiger charge is 2.43. The minimum absolute atomic E-state index is 0.0584. The number of aromatic nitrogens is 5. The number of benzene rings is 1. The summed E-state index contributed by atoms with van der Waals surface area (Å²) in [5.41, 5.74) is 4.05. The molecule has 1 aromatic carbocycles. The number of tetrazole rings is 1. The summed E-state index contributed by atoms with van der Waals surface area (Å²) >= 11 is 0.